The van der Waals surface area contributed by atoms with Crippen LogP contribution in [0.3, 0.4) is 0 Å². The van der Waals surface area contributed by atoms with Crippen LogP contribution in [0.15, 0.2) is 24.3 Å². The Morgan fingerprint density at radius 3 is 2.74 bits per heavy atom. The first-order chi connectivity index (χ1) is 15.1. The number of aromatic nitrogens is 4. The van der Waals surface area contributed by atoms with Crippen molar-refractivity contribution < 1.29 is 4.39 Å². The van der Waals surface area contributed by atoms with E-state index >= 15 is 0 Å². The van der Waals surface area contributed by atoms with Crippen molar-refractivity contribution in [3.63, 3.8) is 0 Å². The van der Waals surface area contributed by atoms with Crippen LogP contribution in [0.4, 0.5) is 22.0 Å². The second-order valence-electron chi connectivity index (χ2n) is 8.46. The normalized spacial score (nSPS) is 23.1. The van der Waals surface area contributed by atoms with Gasteiger partial charge in [-0.3, -0.25) is 10.00 Å². The van der Waals surface area contributed by atoms with Gasteiger partial charge in [-0.2, -0.15) is 15.3 Å². The third-order valence-electron chi connectivity index (χ3n) is 6.31. The first-order valence-corrected chi connectivity index (χ1v) is 10.7. The van der Waals surface area contributed by atoms with Gasteiger partial charge >= 0.3 is 0 Å². The van der Waals surface area contributed by atoms with Crippen LogP contribution in [0.5, 0.6) is 0 Å². The molecule has 3 atom stereocenters. The molecule has 3 aromatic rings. The Balaban J connectivity index is 1.39. The fourth-order valence-corrected chi connectivity index (χ4v) is 4.98. The highest BCUT2D eigenvalue weighted by molar-refractivity contribution is 5.91. The third-order valence-corrected chi connectivity index (χ3v) is 6.31. The Kier molecular flexibility index (Phi) is 5.16. The largest absolute Gasteiger partial charge is 0.351 e. The van der Waals surface area contributed by atoms with E-state index in [4.69, 9.17) is 10.2 Å². The van der Waals surface area contributed by atoms with Gasteiger partial charge < -0.3 is 10.6 Å². The number of fused-ring (bicyclic) bond motifs is 3. The zero-order valence-corrected chi connectivity index (χ0v) is 17.4. The number of nitrogens with zero attached hydrogens (tertiary/aromatic N) is 5. The monoisotopic (exact) mass is 420 g/mol. The fraction of sp³-hybridized carbons (Fsp3) is 0.455. The minimum Gasteiger partial charge on any atom is -0.351 e. The first-order valence-electron chi connectivity index (χ1n) is 10.7. The van der Waals surface area contributed by atoms with E-state index < -0.39 is 0 Å². The number of H-pyrrole nitrogens is 1. The summed E-state index contributed by atoms with van der Waals surface area (Å²) < 4.78 is 13.9. The molecule has 0 aliphatic carbocycles. The van der Waals surface area contributed by atoms with Crippen LogP contribution >= 0.6 is 0 Å². The highest BCUT2D eigenvalue weighted by Gasteiger charge is 2.40. The number of aromatic amines is 1. The molecule has 0 radical (unpaired) electrons. The van der Waals surface area contributed by atoms with Crippen molar-refractivity contribution in [2.45, 2.75) is 57.2 Å². The lowest BCUT2D eigenvalue weighted by Crippen LogP contribution is -2.47. The van der Waals surface area contributed by atoms with Gasteiger partial charge in [-0.05, 0) is 44.7 Å². The molecule has 1 unspecified atom stereocenters. The smallest absolute Gasteiger partial charge is 0.225 e. The maximum Gasteiger partial charge on any atom is 0.225 e. The molecule has 2 saturated heterocycles. The molecule has 8 nitrogen and oxygen atoms in total. The average Bonchev–Trinajstić information content (AvgIpc) is 3.25. The number of halogens is 1. The Morgan fingerprint density at radius 2 is 2.03 bits per heavy atom. The number of aryl methyl sites for hydroxylation is 1. The molecule has 5 rings (SSSR count). The molecule has 2 fully saturated rings. The van der Waals surface area contributed by atoms with Crippen LogP contribution in [-0.4, -0.2) is 49.7 Å². The zero-order chi connectivity index (χ0) is 21.4. The summed E-state index contributed by atoms with van der Waals surface area (Å²) >= 11 is 0. The molecule has 160 valence electrons. The van der Waals surface area contributed by atoms with Crippen molar-refractivity contribution >= 4 is 28.5 Å². The maximum absolute atomic E-state index is 13.9. The number of piperidine rings is 1. The number of hydrogen-bond donors (Lipinski definition) is 3. The molecule has 4 heterocycles. The van der Waals surface area contributed by atoms with Crippen molar-refractivity contribution in [2.24, 2.45) is 0 Å². The SMILES string of the molecule is Cc1cc(Nc2nc(NC3C[C@H]4CC[C@@H](C3)N4CCC#N)nc3cc(F)ccc23)n[nH]1. The molecule has 1 aromatic carbocycles. The van der Waals surface area contributed by atoms with E-state index in [-0.39, 0.29) is 11.9 Å². The van der Waals surface area contributed by atoms with Gasteiger partial charge in [0.1, 0.15) is 11.6 Å². The van der Waals surface area contributed by atoms with Crippen molar-refractivity contribution in [1.82, 2.24) is 25.1 Å². The topological polar surface area (TPSA) is 106 Å². The van der Waals surface area contributed by atoms with Gasteiger partial charge in [0, 0.05) is 54.3 Å². The van der Waals surface area contributed by atoms with Gasteiger partial charge in [-0.15, -0.1) is 0 Å². The number of benzene rings is 1. The second-order valence-corrected chi connectivity index (χ2v) is 8.46. The third kappa shape index (κ3) is 4.03. The number of anilines is 3. The number of nitriles is 1. The highest BCUT2D eigenvalue weighted by atomic mass is 19.1. The van der Waals surface area contributed by atoms with Crippen molar-refractivity contribution in [3.8, 4) is 6.07 Å². The highest BCUT2D eigenvalue weighted by Crippen LogP contribution is 2.37. The summed E-state index contributed by atoms with van der Waals surface area (Å²) in [7, 11) is 0. The van der Waals surface area contributed by atoms with Crippen LogP contribution in [0.1, 0.15) is 37.8 Å². The molecule has 2 aliphatic rings. The lowest BCUT2D eigenvalue weighted by Gasteiger charge is -2.38. The van der Waals surface area contributed by atoms with Crippen molar-refractivity contribution in [1.29, 1.82) is 5.26 Å². The predicted molar refractivity (Wildman–Crippen MR) is 116 cm³/mol. The summed E-state index contributed by atoms with van der Waals surface area (Å²) in [5, 5.41) is 23.5. The summed E-state index contributed by atoms with van der Waals surface area (Å²) in [6.45, 7) is 2.78. The van der Waals surface area contributed by atoms with Crippen molar-refractivity contribution in [3.05, 3.63) is 35.8 Å². The van der Waals surface area contributed by atoms with E-state index in [2.05, 4.69) is 36.8 Å². The lowest BCUT2D eigenvalue weighted by atomic mass is 9.97. The molecular formula is C22H25FN8. The minimum atomic E-state index is -0.331. The van der Waals surface area contributed by atoms with Crippen LogP contribution in [-0.2, 0) is 0 Å². The molecule has 3 N–H and O–H groups in total. The van der Waals surface area contributed by atoms with E-state index in [1.54, 1.807) is 6.07 Å². The zero-order valence-electron chi connectivity index (χ0n) is 17.4. The van der Waals surface area contributed by atoms with Crippen LogP contribution in [0, 0.1) is 24.1 Å². The van der Waals surface area contributed by atoms with Crippen LogP contribution < -0.4 is 10.6 Å². The van der Waals surface area contributed by atoms with Crippen LogP contribution in [0.25, 0.3) is 10.9 Å². The molecule has 2 bridgehead atoms. The molecule has 31 heavy (non-hydrogen) atoms. The quantitative estimate of drug-likeness (QED) is 0.556. The Morgan fingerprint density at radius 1 is 1.23 bits per heavy atom. The van der Waals surface area contributed by atoms with E-state index in [1.807, 2.05) is 13.0 Å². The first kappa shape index (κ1) is 19.7. The van der Waals surface area contributed by atoms with E-state index in [0.717, 1.165) is 30.5 Å². The number of hydrogen-bond acceptors (Lipinski definition) is 7. The Labute approximate surface area is 179 Å². The minimum absolute atomic E-state index is 0.252. The van der Waals surface area contributed by atoms with Gasteiger partial charge in [0.15, 0.2) is 5.82 Å². The lowest BCUT2D eigenvalue weighted by molar-refractivity contribution is 0.135. The van der Waals surface area contributed by atoms with Crippen LogP contribution in [0.2, 0.25) is 0 Å². The summed E-state index contributed by atoms with van der Waals surface area (Å²) in [4.78, 5) is 11.8. The molecule has 2 aliphatic heterocycles. The van der Waals surface area contributed by atoms with Gasteiger partial charge in [-0.25, -0.2) is 9.37 Å². The number of nitrogens with one attached hydrogen (secondary N) is 3. The Hall–Kier alpha value is -3.25. The second kappa shape index (κ2) is 8.12. The molecule has 0 saturated carbocycles. The summed E-state index contributed by atoms with van der Waals surface area (Å²) in [5.41, 5.74) is 1.48. The molecule has 9 heteroatoms. The maximum atomic E-state index is 13.9. The fourth-order valence-electron chi connectivity index (χ4n) is 4.98. The van der Waals surface area contributed by atoms with E-state index in [9.17, 15) is 4.39 Å². The Bertz CT molecular complexity index is 1120. The summed E-state index contributed by atoms with van der Waals surface area (Å²) in [6, 6.07) is 9.91. The van der Waals surface area contributed by atoms with E-state index in [0.29, 0.717) is 41.6 Å². The van der Waals surface area contributed by atoms with Gasteiger partial charge in [0.05, 0.1) is 11.6 Å². The predicted octanol–water partition coefficient (Wildman–Crippen LogP) is 3.87. The molecule has 0 spiro atoms. The van der Waals surface area contributed by atoms with E-state index in [1.165, 1.54) is 25.0 Å². The molecular weight excluding hydrogens is 395 g/mol. The summed E-state index contributed by atoms with van der Waals surface area (Å²) in [6.07, 6.45) is 4.90. The van der Waals surface area contributed by atoms with Gasteiger partial charge in [0.2, 0.25) is 5.95 Å². The number of rotatable bonds is 6. The van der Waals surface area contributed by atoms with Crippen molar-refractivity contribution in [2.75, 3.05) is 17.2 Å². The summed E-state index contributed by atoms with van der Waals surface area (Å²) in [5.74, 6) is 1.40. The molecule has 0 amide bonds. The standard InChI is InChI=1S/C22H25FN8/c1-13-9-20(30-29-13)27-21-18-6-3-14(23)10-19(18)26-22(28-21)25-15-11-16-4-5-17(12-15)31(16)8-2-7-24/h3,6,9-10,15-17H,2,4-5,8,11-12H2,1H3,(H3,25,26,27,28,29,30)/t15?,16-,17+. The van der Waals surface area contributed by atoms with Gasteiger partial charge in [0.25, 0.3) is 0 Å². The molecule has 2 aromatic heterocycles. The van der Waals surface area contributed by atoms with Gasteiger partial charge in [-0.1, -0.05) is 0 Å². The average molecular weight is 420 g/mol.